The van der Waals surface area contributed by atoms with Gasteiger partial charge in [-0.2, -0.15) is 18.3 Å². The largest absolute Gasteiger partial charge is 0.444 e. The minimum absolute atomic E-state index is 0.00130. The maximum absolute atomic E-state index is 13.6. The van der Waals surface area contributed by atoms with E-state index >= 15 is 0 Å². The molecule has 3 aromatic rings. The Morgan fingerprint density at radius 1 is 1.16 bits per heavy atom. The van der Waals surface area contributed by atoms with Gasteiger partial charge in [-0.3, -0.25) is 19.2 Å². The summed E-state index contributed by atoms with van der Waals surface area (Å²) in [6.45, 7) is 5.56. The van der Waals surface area contributed by atoms with E-state index in [0.717, 1.165) is 37.1 Å². The van der Waals surface area contributed by atoms with Crippen molar-refractivity contribution in [2.24, 2.45) is 5.92 Å². The number of carbonyl (C=O) groups is 3. The lowest BCUT2D eigenvalue weighted by Crippen LogP contribution is -2.43. The molecule has 234 valence electrons. The topological polar surface area (TPSA) is 93.5 Å². The number of amides is 3. The zero-order chi connectivity index (χ0) is 31.8. The zero-order valence-electron chi connectivity index (χ0n) is 24.4. The van der Waals surface area contributed by atoms with Crippen molar-refractivity contribution in [3.8, 4) is 0 Å². The van der Waals surface area contributed by atoms with Crippen LogP contribution >= 0.6 is 23.4 Å². The second-order valence-corrected chi connectivity index (χ2v) is 13.5. The molecule has 2 fully saturated rings. The number of fused-ring (bicyclic) bond motifs is 1. The van der Waals surface area contributed by atoms with Gasteiger partial charge in [0.2, 0.25) is 0 Å². The van der Waals surface area contributed by atoms with Crippen molar-refractivity contribution in [2.75, 3.05) is 6.54 Å². The third-order valence-corrected chi connectivity index (χ3v) is 8.62. The van der Waals surface area contributed by atoms with Crippen LogP contribution in [0.5, 0.6) is 0 Å². The lowest BCUT2D eigenvalue weighted by Gasteiger charge is -2.32. The van der Waals surface area contributed by atoms with Crippen molar-refractivity contribution < 1.29 is 32.3 Å². The first-order valence-electron chi connectivity index (χ1n) is 14.2. The van der Waals surface area contributed by atoms with Crippen LogP contribution < -0.4 is 5.32 Å². The van der Waals surface area contributed by atoms with E-state index in [2.05, 4.69) is 10.4 Å². The quantitative estimate of drug-likeness (QED) is 0.273. The number of rotatable bonds is 6. The molecule has 2 unspecified atom stereocenters. The van der Waals surface area contributed by atoms with Crippen molar-refractivity contribution in [3.05, 3.63) is 69.2 Å². The number of alkyl halides is 3. The highest BCUT2D eigenvalue weighted by Gasteiger charge is 2.38. The van der Waals surface area contributed by atoms with Crippen molar-refractivity contribution in [1.29, 1.82) is 0 Å². The summed E-state index contributed by atoms with van der Waals surface area (Å²) in [7, 11) is 0. The molecule has 0 radical (unpaired) electrons. The molecule has 1 saturated heterocycles. The number of alkyl carbamates (subject to hydrolysis) is 1. The first kappa shape index (κ1) is 31.9. The number of hydrogen-bond acceptors (Lipinski definition) is 6. The van der Waals surface area contributed by atoms with Crippen molar-refractivity contribution in [2.45, 2.75) is 70.8 Å². The number of nitrogens with one attached hydrogen (secondary N) is 1. The summed E-state index contributed by atoms with van der Waals surface area (Å²) in [5.41, 5.74) is -0.108. The number of benzene rings is 2. The molecule has 1 aromatic heterocycles. The third kappa shape index (κ3) is 7.58. The molecule has 0 bridgehead atoms. The summed E-state index contributed by atoms with van der Waals surface area (Å²) in [4.78, 5) is 39.8. The molecule has 0 spiro atoms. The van der Waals surface area contributed by atoms with E-state index < -0.39 is 23.4 Å². The lowest BCUT2D eigenvalue weighted by molar-refractivity contribution is -0.138. The maximum atomic E-state index is 13.6. The Kier molecular flexibility index (Phi) is 9.04. The highest BCUT2D eigenvalue weighted by atomic mass is 35.5. The average molecular weight is 649 g/mol. The van der Waals surface area contributed by atoms with Gasteiger partial charge in [-0.25, -0.2) is 4.79 Å². The first-order valence-corrected chi connectivity index (χ1v) is 15.4. The zero-order valence-corrected chi connectivity index (χ0v) is 26.0. The van der Waals surface area contributed by atoms with Gasteiger partial charge in [0.05, 0.1) is 28.7 Å². The Hall–Kier alpha value is -3.51. The molecule has 1 N–H and O–H groups in total. The molecule has 44 heavy (non-hydrogen) atoms. The molecule has 2 aliphatic rings. The number of ether oxygens (including phenoxy) is 1. The van der Waals surface area contributed by atoms with Gasteiger partial charge in [0.1, 0.15) is 5.60 Å². The van der Waals surface area contributed by atoms with Crippen LogP contribution in [0.1, 0.15) is 63.1 Å². The Labute approximate surface area is 261 Å². The smallest absolute Gasteiger partial charge is 0.416 e. The molecule has 13 heteroatoms. The first-order chi connectivity index (χ1) is 20.7. The van der Waals surface area contributed by atoms with Crippen LogP contribution in [0.15, 0.2) is 47.5 Å². The van der Waals surface area contributed by atoms with Crippen LogP contribution in [-0.4, -0.2) is 50.1 Å². The standard InChI is InChI=1S/C31H32ClF3N4O4S/c1-30(2,3)43-28(41)37-23-6-4-5-19(12-23)16-38-27(40)26(44-29(38)42)13-18-7-10-25-21(11-18)15-36-39(25)17-20-8-9-22(32)14-24(20)31(33,34)35/h7-11,13-15,19,23H,4-6,12,16-17H2,1-3H3,(H,37,41)/b26-13+. The van der Waals surface area contributed by atoms with Crippen LogP contribution in [0.4, 0.5) is 22.8 Å². The number of hydrogen-bond donors (Lipinski definition) is 1. The van der Waals surface area contributed by atoms with Gasteiger partial charge in [0, 0.05) is 23.0 Å². The van der Waals surface area contributed by atoms with E-state index in [1.54, 1.807) is 51.2 Å². The average Bonchev–Trinajstić information content (AvgIpc) is 3.43. The van der Waals surface area contributed by atoms with Gasteiger partial charge in [0.25, 0.3) is 11.1 Å². The van der Waals surface area contributed by atoms with Gasteiger partial charge in [0.15, 0.2) is 0 Å². The van der Waals surface area contributed by atoms with Gasteiger partial charge < -0.3 is 10.1 Å². The fourth-order valence-corrected chi connectivity index (χ4v) is 6.58. The number of halogens is 4. The number of aromatic nitrogens is 2. The molecule has 1 saturated carbocycles. The van der Waals surface area contributed by atoms with E-state index in [9.17, 15) is 27.6 Å². The van der Waals surface area contributed by atoms with Gasteiger partial charge in [-0.05, 0) is 99.2 Å². The van der Waals surface area contributed by atoms with Gasteiger partial charge in [-0.15, -0.1) is 0 Å². The SMILES string of the molecule is CC(C)(C)OC(=O)NC1CCCC(CN2C(=O)S/C(=C/c3ccc4c(cnn4Cc4ccc(Cl)cc4C(F)(F)F)c3)C2=O)C1. The second kappa shape index (κ2) is 12.5. The summed E-state index contributed by atoms with van der Waals surface area (Å²) in [5.74, 6) is -0.322. The van der Waals surface area contributed by atoms with Crippen LogP contribution in [-0.2, 0) is 22.3 Å². The summed E-state index contributed by atoms with van der Waals surface area (Å²) < 4.78 is 47.6. The maximum Gasteiger partial charge on any atom is 0.416 e. The highest BCUT2D eigenvalue weighted by Crippen LogP contribution is 2.36. The lowest BCUT2D eigenvalue weighted by atomic mass is 9.85. The monoisotopic (exact) mass is 648 g/mol. The number of carbonyl (C=O) groups excluding carboxylic acids is 3. The molecule has 2 aromatic carbocycles. The number of nitrogens with zero attached hydrogens (tertiary/aromatic N) is 3. The molecule has 1 aliphatic heterocycles. The fraction of sp³-hybridized carbons (Fsp3) is 0.419. The summed E-state index contributed by atoms with van der Waals surface area (Å²) in [5, 5.41) is 7.51. The minimum atomic E-state index is -4.56. The molecule has 1 aliphatic carbocycles. The van der Waals surface area contributed by atoms with Crippen LogP contribution in [0.25, 0.3) is 17.0 Å². The summed E-state index contributed by atoms with van der Waals surface area (Å²) >= 11 is 6.68. The molecule has 5 rings (SSSR count). The molecule has 2 heterocycles. The molecule has 3 amide bonds. The molecule has 2 atom stereocenters. The van der Waals surface area contributed by atoms with Gasteiger partial charge >= 0.3 is 12.3 Å². The van der Waals surface area contributed by atoms with E-state index in [0.29, 0.717) is 22.9 Å². The third-order valence-electron chi connectivity index (χ3n) is 7.48. The Bertz CT molecular complexity index is 1630. The van der Waals surface area contributed by atoms with E-state index in [1.165, 1.54) is 21.7 Å². The van der Waals surface area contributed by atoms with E-state index in [1.807, 2.05) is 0 Å². The predicted octanol–water partition coefficient (Wildman–Crippen LogP) is 7.88. The number of thioether (sulfide) groups is 1. The van der Waals surface area contributed by atoms with Crippen LogP contribution in [0.3, 0.4) is 0 Å². The fourth-order valence-electron chi connectivity index (χ4n) is 5.56. The normalized spacial score (nSPS) is 20.5. The van der Waals surface area contributed by atoms with Crippen molar-refractivity contribution in [1.82, 2.24) is 20.0 Å². The van der Waals surface area contributed by atoms with E-state index in [-0.39, 0.29) is 51.7 Å². The van der Waals surface area contributed by atoms with Crippen molar-refractivity contribution in [3.63, 3.8) is 0 Å². The predicted molar refractivity (Wildman–Crippen MR) is 163 cm³/mol. The summed E-state index contributed by atoms with van der Waals surface area (Å²) in [6.07, 6.45) is 1.30. The molecular weight excluding hydrogens is 617 g/mol. The Balaban J connectivity index is 1.26. The Morgan fingerprint density at radius 3 is 2.66 bits per heavy atom. The summed E-state index contributed by atoms with van der Waals surface area (Å²) in [6, 6.07) is 8.79. The van der Waals surface area contributed by atoms with Gasteiger partial charge in [-0.1, -0.05) is 30.2 Å². The Morgan fingerprint density at radius 2 is 1.93 bits per heavy atom. The highest BCUT2D eigenvalue weighted by molar-refractivity contribution is 8.18. The number of imide groups is 1. The minimum Gasteiger partial charge on any atom is -0.444 e. The van der Waals surface area contributed by atoms with Crippen LogP contribution in [0.2, 0.25) is 5.02 Å². The van der Waals surface area contributed by atoms with E-state index in [4.69, 9.17) is 16.3 Å². The molecule has 8 nitrogen and oxygen atoms in total. The second-order valence-electron chi connectivity index (χ2n) is 12.1. The van der Waals surface area contributed by atoms with Crippen LogP contribution in [0, 0.1) is 5.92 Å². The van der Waals surface area contributed by atoms with Crippen molar-refractivity contribution >= 4 is 57.6 Å². The molecular formula is C31H32ClF3N4O4S.